The molecule has 0 atom stereocenters. The monoisotopic (exact) mass is 217 g/mol. The summed E-state index contributed by atoms with van der Waals surface area (Å²) in [6.45, 7) is 0.581. The SMILES string of the molecule is O=CCNCc1ccc(C(F)(F)F)cc1. The Kier molecular flexibility index (Phi) is 3.85. The number of rotatable bonds is 4. The van der Waals surface area contributed by atoms with Crippen molar-refractivity contribution >= 4 is 6.29 Å². The van der Waals surface area contributed by atoms with Gasteiger partial charge < -0.3 is 10.1 Å². The molecule has 0 amide bonds. The van der Waals surface area contributed by atoms with Crippen LogP contribution in [0.4, 0.5) is 13.2 Å². The van der Waals surface area contributed by atoms with Gasteiger partial charge in [0.2, 0.25) is 0 Å². The summed E-state index contributed by atoms with van der Waals surface area (Å²) in [5, 5.41) is 2.76. The lowest BCUT2D eigenvalue weighted by molar-refractivity contribution is -0.137. The number of carbonyl (C=O) groups excluding carboxylic acids is 1. The van der Waals surface area contributed by atoms with E-state index in [1.54, 1.807) is 0 Å². The van der Waals surface area contributed by atoms with Gasteiger partial charge in [-0.2, -0.15) is 13.2 Å². The van der Waals surface area contributed by atoms with Crippen molar-refractivity contribution in [3.05, 3.63) is 35.4 Å². The Morgan fingerprint density at radius 3 is 2.27 bits per heavy atom. The summed E-state index contributed by atoms with van der Waals surface area (Å²) in [6, 6.07) is 4.83. The molecule has 0 aliphatic carbocycles. The second-order valence-corrected chi connectivity index (χ2v) is 2.99. The van der Waals surface area contributed by atoms with Crippen LogP contribution in [0.5, 0.6) is 0 Å². The van der Waals surface area contributed by atoms with Gasteiger partial charge in [0.1, 0.15) is 6.29 Å². The zero-order chi connectivity index (χ0) is 11.3. The van der Waals surface area contributed by atoms with E-state index in [0.717, 1.165) is 12.1 Å². The van der Waals surface area contributed by atoms with Crippen molar-refractivity contribution in [2.24, 2.45) is 0 Å². The molecule has 0 bridgehead atoms. The van der Waals surface area contributed by atoms with Crippen LogP contribution in [0.3, 0.4) is 0 Å². The Bertz CT molecular complexity index is 318. The van der Waals surface area contributed by atoms with Crippen LogP contribution in [0.15, 0.2) is 24.3 Å². The highest BCUT2D eigenvalue weighted by Gasteiger charge is 2.29. The number of halogens is 3. The number of benzene rings is 1. The fourth-order valence-electron chi connectivity index (χ4n) is 1.09. The Hall–Kier alpha value is -1.36. The minimum absolute atomic E-state index is 0.195. The molecule has 1 aromatic carbocycles. The smallest absolute Gasteiger partial charge is 0.306 e. The highest BCUT2D eigenvalue weighted by Crippen LogP contribution is 2.28. The van der Waals surface area contributed by atoms with Crippen LogP contribution in [-0.2, 0) is 17.5 Å². The molecule has 5 heteroatoms. The largest absolute Gasteiger partial charge is 0.416 e. The number of hydrogen-bond donors (Lipinski definition) is 1. The molecule has 0 unspecified atom stereocenters. The third-order valence-electron chi connectivity index (χ3n) is 1.84. The average Bonchev–Trinajstić information content (AvgIpc) is 2.18. The molecule has 0 aromatic heterocycles. The molecule has 1 rings (SSSR count). The summed E-state index contributed by atoms with van der Waals surface area (Å²) in [6.07, 6.45) is -3.60. The van der Waals surface area contributed by atoms with E-state index in [9.17, 15) is 18.0 Å². The summed E-state index contributed by atoms with van der Waals surface area (Å²) in [4.78, 5) is 9.97. The second-order valence-electron chi connectivity index (χ2n) is 2.99. The summed E-state index contributed by atoms with van der Waals surface area (Å²) in [5.41, 5.74) is 0.0477. The Morgan fingerprint density at radius 2 is 1.80 bits per heavy atom. The van der Waals surface area contributed by atoms with Crippen molar-refractivity contribution in [2.45, 2.75) is 12.7 Å². The van der Waals surface area contributed by atoms with Crippen LogP contribution in [0.2, 0.25) is 0 Å². The first kappa shape index (κ1) is 11.7. The molecular formula is C10H10F3NO. The van der Waals surface area contributed by atoms with Crippen LogP contribution in [0, 0.1) is 0 Å². The van der Waals surface area contributed by atoms with Crippen molar-refractivity contribution in [2.75, 3.05) is 6.54 Å². The van der Waals surface area contributed by atoms with Crippen LogP contribution in [0.25, 0.3) is 0 Å². The third kappa shape index (κ3) is 3.71. The standard InChI is InChI=1S/C10H10F3NO/c11-10(12,13)9-3-1-8(2-4-9)7-14-5-6-15/h1-4,6,14H,5,7H2. The Balaban J connectivity index is 2.60. The van der Waals surface area contributed by atoms with E-state index in [1.807, 2.05) is 0 Å². The normalized spacial score (nSPS) is 11.4. The van der Waals surface area contributed by atoms with Gasteiger partial charge in [-0.15, -0.1) is 0 Å². The molecule has 0 fully saturated rings. The fourth-order valence-corrected chi connectivity index (χ4v) is 1.09. The van der Waals surface area contributed by atoms with Crippen LogP contribution >= 0.6 is 0 Å². The van der Waals surface area contributed by atoms with Crippen LogP contribution < -0.4 is 5.32 Å². The van der Waals surface area contributed by atoms with E-state index >= 15 is 0 Å². The van der Waals surface area contributed by atoms with Gasteiger partial charge >= 0.3 is 6.18 Å². The third-order valence-corrected chi connectivity index (χ3v) is 1.84. The first-order valence-corrected chi connectivity index (χ1v) is 4.34. The van der Waals surface area contributed by atoms with Crippen LogP contribution in [-0.4, -0.2) is 12.8 Å². The van der Waals surface area contributed by atoms with Gasteiger partial charge in [0.15, 0.2) is 0 Å². The molecule has 0 aliphatic heterocycles. The molecule has 1 aromatic rings. The van der Waals surface area contributed by atoms with E-state index in [4.69, 9.17) is 0 Å². The maximum absolute atomic E-state index is 12.2. The zero-order valence-electron chi connectivity index (χ0n) is 7.84. The lowest BCUT2D eigenvalue weighted by atomic mass is 10.1. The minimum Gasteiger partial charge on any atom is -0.306 e. The molecule has 0 saturated carbocycles. The van der Waals surface area contributed by atoms with Crippen molar-refractivity contribution < 1.29 is 18.0 Å². The molecule has 0 spiro atoms. The minimum atomic E-state index is -4.30. The van der Waals surface area contributed by atoms with Gasteiger partial charge in [-0.3, -0.25) is 0 Å². The van der Waals surface area contributed by atoms with Crippen molar-refractivity contribution in [3.63, 3.8) is 0 Å². The maximum atomic E-state index is 12.2. The van der Waals surface area contributed by atoms with Crippen molar-refractivity contribution in [1.29, 1.82) is 0 Å². The Labute approximate surface area is 85.1 Å². The molecular weight excluding hydrogens is 207 g/mol. The molecule has 0 heterocycles. The number of hydrogen-bond acceptors (Lipinski definition) is 2. The zero-order valence-corrected chi connectivity index (χ0v) is 7.84. The lowest BCUT2D eigenvalue weighted by Gasteiger charge is -2.07. The lowest BCUT2D eigenvalue weighted by Crippen LogP contribution is -2.15. The van der Waals surface area contributed by atoms with Gasteiger partial charge in [-0.05, 0) is 17.7 Å². The maximum Gasteiger partial charge on any atom is 0.416 e. The van der Waals surface area contributed by atoms with E-state index in [-0.39, 0.29) is 6.54 Å². The van der Waals surface area contributed by atoms with Gasteiger partial charge in [-0.1, -0.05) is 12.1 Å². The summed E-state index contributed by atoms with van der Waals surface area (Å²) >= 11 is 0. The van der Waals surface area contributed by atoms with Crippen LogP contribution in [0.1, 0.15) is 11.1 Å². The number of aldehydes is 1. The molecule has 0 aliphatic rings. The summed E-state index contributed by atoms with van der Waals surface area (Å²) < 4.78 is 36.5. The number of carbonyl (C=O) groups is 1. The van der Waals surface area contributed by atoms with E-state index in [0.29, 0.717) is 18.4 Å². The van der Waals surface area contributed by atoms with Crippen molar-refractivity contribution in [3.8, 4) is 0 Å². The molecule has 2 nitrogen and oxygen atoms in total. The summed E-state index contributed by atoms with van der Waals surface area (Å²) in [5.74, 6) is 0. The predicted octanol–water partition coefficient (Wildman–Crippen LogP) is 1.99. The first-order valence-electron chi connectivity index (χ1n) is 4.34. The quantitative estimate of drug-likeness (QED) is 0.617. The van der Waals surface area contributed by atoms with Gasteiger partial charge in [0, 0.05) is 6.54 Å². The average molecular weight is 217 g/mol. The summed E-state index contributed by atoms with van der Waals surface area (Å²) in [7, 11) is 0. The fraction of sp³-hybridized carbons (Fsp3) is 0.300. The number of alkyl halides is 3. The van der Waals surface area contributed by atoms with Gasteiger partial charge in [0.25, 0.3) is 0 Å². The number of nitrogens with one attached hydrogen (secondary N) is 1. The second kappa shape index (κ2) is 4.93. The molecule has 82 valence electrons. The van der Waals surface area contributed by atoms with Gasteiger partial charge in [-0.25, -0.2) is 0 Å². The first-order chi connectivity index (χ1) is 7.04. The molecule has 0 radical (unpaired) electrons. The van der Waals surface area contributed by atoms with E-state index in [2.05, 4.69) is 5.32 Å². The molecule has 0 saturated heterocycles. The highest BCUT2D eigenvalue weighted by atomic mass is 19.4. The van der Waals surface area contributed by atoms with E-state index < -0.39 is 11.7 Å². The molecule has 15 heavy (non-hydrogen) atoms. The highest BCUT2D eigenvalue weighted by molar-refractivity contribution is 5.51. The van der Waals surface area contributed by atoms with E-state index in [1.165, 1.54) is 12.1 Å². The Morgan fingerprint density at radius 1 is 1.20 bits per heavy atom. The van der Waals surface area contributed by atoms with Gasteiger partial charge in [0.05, 0.1) is 12.1 Å². The molecule has 1 N–H and O–H groups in total. The predicted molar refractivity (Wildman–Crippen MR) is 49.2 cm³/mol. The topological polar surface area (TPSA) is 29.1 Å². The van der Waals surface area contributed by atoms with Crippen molar-refractivity contribution in [1.82, 2.24) is 5.32 Å².